The van der Waals surface area contributed by atoms with Crippen LogP contribution in [0.15, 0.2) is 24.3 Å². The van der Waals surface area contributed by atoms with Gasteiger partial charge in [-0.25, -0.2) is 0 Å². The first kappa shape index (κ1) is 13.7. The third kappa shape index (κ3) is 3.39. The second kappa shape index (κ2) is 5.94. The number of carbonyl (C=O) groups excluding carboxylic acids is 1. The van der Waals surface area contributed by atoms with Gasteiger partial charge >= 0.3 is 0 Å². The number of nitrogens with zero attached hydrogens (tertiary/aromatic N) is 1. The molecule has 0 bridgehead atoms. The summed E-state index contributed by atoms with van der Waals surface area (Å²) in [6.45, 7) is 3.60. The van der Waals surface area contributed by atoms with Gasteiger partial charge in [0.05, 0.1) is 11.8 Å². The molecule has 1 heterocycles. The summed E-state index contributed by atoms with van der Waals surface area (Å²) >= 11 is 12.1. The van der Waals surface area contributed by atoms with E-state index in [1.165, 1.54) is 0 Å². The van der Waals surface area contributed by atoms with Crippen molar-refractivity contribution in [3.63, 3.8) is 0 Å². The molecule has 0 aromatic heterocycles. The fourth-order valence-electron chi connectivity index (χ4n) is 2.18. The lowest BCUT2D eigenvalue weighted by molar-refractivity contribution is -0.131. The van der Waals surface area contributed by atoms with Gasteiger partial charge in [0.15, 0.2) is 0 Å². The first-order valence-electron chi connectivity index (χ1n) is 6.22. The molecule has 0 spiro atoms. The molecule has 0 saturated carbocycles. The standard InChI is InChI=1S/C14H17Cl2NO/c1-10-5-6-17(9-13(10)16)14(18)8-11-3-2-4-12(15)7-11/h2-4,7,10,13H,5-6,8-9H2,1H3. The Morgan fingerprint density at radius 3 is 2.94 bits per heavy atom. The van der Waals surface area contributed by atoms with Crippen molar-refractivity contribution in [1.29, 1.82) is 0 Å². The van der Waals surface area contributed by atoms with Crippen LogP contribution in [0.2, 0.25) is 5.02 Å². The molecule has 98 valence electrons. The zero-order valence-corrected chi connectivity index (χ0v) is 11.9. The molecule has 2 rings (SSSR count). The molecule has 0 radical (unpaired) electrons. The van der Waals surface area contributed by atoms with E-state index in [0.29, 0.717) is 23.9 Å². The topological polar surface area (TPSA) is 20.3 Å². The zero-order chi connectivity index (χ0) is 13.1. The smallest absolute Gasteiger partial charge is 0.227 e. The van der Waals surface area contributed by atoms with Crippen molar-refractivity contribution < 1.29 is 4.79 Å². The van der Waals surface area contributed by atoms with Crippen LogP contribution in [0.4, 0.5) is 0 Å². The van der Waals surface area contributed by atoms with Crippen LogP contribution in [-0.2, 0) is 11.2 Å². The third-order valence-corrected chi connectivity index (χ3v) is 4.27. The van der Waals surface area contributed by atoms with Crippen LogP contribution >= 0.6 is 23.2 Å². The highest BCUT2D eigenvalue weighted by molar-refractivity contribution is 6.30. The summed E-state index contributed by atoms with van der Waals surface area (Å²) in [7, 11) is 0. The maximum Gasteiger partial charge on any atom is 0.227 e. The molecule has 4 heteroatoms. The molecular formula is C14H17Cl2NO. The Bertz CT molecular complexity index is 436. The predicted octanol–water partition coefficient (Wildman–Crippen LogP) is 3.36. The van der Waals surface area contributed by atoms with Gasteiger partial charge in [0, 0.05) is 18.1 Å². The van der Waals surface area contributed by atoms with Crippen molar-refractivity contribution >= 4 is 29.1 Å². The largest absolute Gasteiger partial charge is 0.341 e. The Balaban J connectivity index is 1.96. The SMILES string of the molecule is CC1CCN(C(=O)Cc2cccc(Cl)c2)CC1Cl. The highest BCUT2D eigenvalue weighted by atomic mass is 35.5. The van der Waals surface area contributed by atoms with Crippen molar-refractivity contribution in [3.8, 4) is 0 Å². The van der Waals surface area contributed by atoms with E-state index in [9.17, 15) is 4.79 Å². The number of halogens is 2. The zero-order valence-electron chi connectivity index (χ0n) is 10.4. The average Bonchev–Trinajstić information content (AvgIpc) is 2.32. The van der Waals surface area contributed by atoms with E-state index < -0.39 is 0 Å². The van der Waals surface area contributed by atoms with E-state index >= 15 is 0 Å². The number of benzene rings is 1. The van der Waals surface area contributed by atoms with Crippen molar-refractivity contribution in [1.82, 2.24) is 4.90 Å². The van der Waals surface area contributed by atoms with Crippen molar-refractivity contribution in [3.05, 3.63) is 34.9 Å². The molecule has 18 heavy (non-hydrogen) atoms. The maximum atomic E-state index is 12.2. The number of alkyl halides is 1. The summed E-state index contributed by atoms with van der Waals surface area (Å²) < 4.78 is 0. The lowest BCUT2D eigenvalue weighted by Crippen LogP contribution is -2.44. The van der Waals surface area contributed by atoms with Crippen molar-refractivity contribution in [2.45, 2.75) is 25.1 Å². The fraction of sp³-hybridized carbons (Fsp3) is 0.500. The van der Waals surface area contributed by atoms with Crippen LogP contribution in [0.5, 0.6) is 0 Å². The summed E-state index contributed by atoms with van der Waals surface area (Å²) in [4.78, 5) is 14.0. The molecule has 1 aromatic carbocycles. The number of carbonyl (C=O) groups is 1. The Hall–Kier alpha value is -0.730. The lowest BCUT2D eigenvalue weighted by Gasteiger charge is -2.34. The summed E-state index contributed by atoms with van der Waals surface area (Å²) in [5, 5.41) is 0.741. The Kier molecular flexibility index (Phi) is 4.52. The highest BCUT2D eigenvalue weighted by Crippen LogP contribution is 2.22. The minimum atomic E-state index is 0.0714. The van der Waals surface area contributed by atoms with Crippen LogP contribution < -0.4 is 0 Å². The first-order valence-corrected chi connectivity index (χ1v) is 7.04. The van der Waals surface area contributed by atoms with Gasteiger partial charge in [-0.1, -0.05) is 30.7 Å². The number of likely N-dealkylation sites (tertiary alicyclic amines) is 1. The Labute approximate surface area is 118 Å². The van der Waals surface area contributed by atoms with E-state index in [1.54, 1.807) is 0 Å². The normalized spacial score (nSPS) is 24.1. The minimum absolute atomic E-state index is 0.0714. The van der Waals surface area contributed by atoms with Gasteiger partial charge in [-0.05, 0) is 30.0 Å². The molecule has 1 amide bonds. The number of rotatable bonds is 2. The van der Waals surface area contributed by atoms with Gasteiger partial charge in [0.2, 0.25) is 5.91 Å². The monoisotopic (exact) mass is 285 g/mol. The van der Waals surface area contributed by atoms with Gasteiger partial charge in [-0.15, -0.1) is 11.6 Å². The molecule has 0 aliphatic carbocycles. The van der Waals surface area contributed by atoms with Gasteiger partial charge in [-0.2, -0.15) is 0 Å². The molecule has 2 atom stereocenters. The predicted molar refractivity (Wildman–Crippen MR) is 75.2 cm³/mol. The summed E-state index contributed by atoms with van der Waals surface area (Å²) in [6, 6.07) is 7.44. The average molecular weight is 286 g/mol. The summed E-state index contributed by atoms with van der Waals surface area (Å²) in [5.41, 5.74) is 0.956. The molecule has 2 nitrogen and oxygen atoms in total. The Morgan fingerprint density at radius 1 is 1.50 bits per heavy atom. The van der Waals surface area contributed by atoms with Crippen LogP contribution in [0.3, 0.4) is 0 Å². The molecule has 1 fully saturated rings. The summed E-state index contributed by atoms with van der Waals surface area (Å²) in [6.07, 6.45) is 1.38. The quantitative estimate of drug-likeness (QED) is 0.763. The first-order chi connectivity index (χ1) is 8.56. The van der Waals surface area contributed by atoms with Crippen LogP contribution in [0, 0.1) is 5.92 Å². The summed E-state index contributed by atoms with van der Waals surface area (Å²) in [5.74, 6) is 0.622. The molecular weight excluding hydrogens is 269 g/mol. The highest BCUT2D eigenvalue weighted by Gasteiger charge is 2.27. The van der Waals surface area contributed by atoms with Crippen molar-refractivity contribution in [2.75, 3.05) is 13.1 Å². The second-order valence-electron chi connectivity index (χ2n) is 4.93. The van der Waals surface area contributed by atoms with Gasteiger partial charge in [-0.3, -0.25) is 4.79 Å². The van der Waals surface area contributed by atoms with Gasteiger partial charge in [0.25, 0.3) is 0 Å². The van der Waals surface area contributed by atoms with E-state index in [1.807, 2.05) is 29.2 Å². The van der Waals surface area contributed by atoms with E-state index in [0.717, 1.165) is 18.5 Å². The van der Waals surface area contributed by atoms with Crippen LogP contribution in [0.1, 0.15) is 18.9 Å². The van der Waals surface area contributed by atoms with Gasteiger partial charge < -0.3 is 4.90 Å². The van der Waals surface area contributed by atoms with Crippen molar-refractivity contribution in [2.24, 2.45) is 5.92 Å². The van der Waals surface area contributed by atoms with Crippen LogP contribution in [0.25, 0.3) is 0 Å². The Morgan fingerprint density at radius 2 is 2.28 bits per heavy atom. The van der Waals surface area contributed by atoms with E-state index in [2.05, 4.69) is 6.92 Å². The minimum Gasteiger partial charge on any atom is -0.341 e. The van der Waals surface area contributed by atoms with Gasteiger partial charge in [0.1, 0.15) is 0 Å². The number of hydrogen-bond donors (Lipinski definition) is 0. The van der Waals surface area contributed by atoms with E-state index in [4.69, 9.17) is 23.2 Å². The maximum absolute atomic E-state index is 12.2. The fourth-order valence-corrected chi connectivity index (χ4v) is 2.69. The molecule has 2 unspecified atom stereocenters. The molecule has 0 N–H and O–H groups in total. The molecule has 1 aliphatic rings. The molecule has 1 aliphatic heterocycles. The molecule has 1 aromatic rings. The third-order valence-electron chi connectivity index (χ3n) is 3.46. The number of amides is 1. The lowest BCUT2D eigenvalue weighted by atomic mass is 9.98. The van der Waals surface area contributed by atoms with Crippen LogP contribution in [-0.4, -0.2) is 29.3 Å². The number of hydrogen-bond acceptors (Lipinski definition) is 1. The van der Waals surface area contributed by atoms with E-state index in [-0.39, 0.29) is 11.3 Å². The second-order valence-corrected chi connectivity index (χ2v) is 5.93. The molecule has 1 saturated heterocycles. The number of piperidine rings is 1.